The van der Waals surface area contributed by atoms with Gasteiger partial charge in [0.25, 0.3) is 5.91 Å². The maximum atomic E-state index is 13.2. The summed E-state index contributed by atoms with van der Waals surface area (Å²) in [7, 11) is 0. The summed E-state index contributed by atoms with van der Waals surface area (Å²) in [6, 6.07) is 8.98. The molecule has 0 spiro atoms. The molecule has 1 fully saturated rings. The van der Waals surface area contributed by atoms with Crippen molar-refractivity contribution in [1.29, 1.82) is 0 Å². The van der Waals surface area contributed by atoms with Crippen molar-refractivity contribution in [2.45, 2.75) is 31.8 Å². The number of nitrogens with zero attached hydrogens (tertiary/aromatic N) is 1. The fourth-order valence-corrected chi connectivity index (χ4v) is 4.44. The van der Waals surface area contributed by atoms with E-state index >= 15 is 0 Å². The summed E-state index contributed by atoms with van der Waals surface area (Å²) in [5.41, 5.74) is -0.134. The van der Waals surface area contributed by atoms with Gasteiger partial charge in [-0.25, -0.2) is 4.79 Å². The molecule has 0 aromatic heterocycles. The van der Waals surface area contributed by atoms with E-state index in [1.807, 2.05) is 0 Å². The molecule has 2 aliphatic heterocycles. The third-order valence-corrected chi connectivity index (χ3v) is 6.27. The first-order chi connectivity index (χ1) is 15.7. The average Bonchev–Trinajstić information content (AvgIpc) is 2.92. The number of hydrogen-bond acceptors (Lipinski definition) is 5. The SMILES string of the molecule is CC(NC(=O)CN1C(=O)NC(C)(c2ccc3c(c2)OCCCO3)C1=O)c1ccc(Cl)cc1Cl. The second-order valence-electron chi connectivity index (χ2n) is 8.11. The normalized spacial score (nSPS) is 20.8. The largest absolute Gasteiger partial charge is 0.490 e. The molecule has 2 unspecified atom stereocenters. The molecule has 10 heteroatoms. The van der Waals surface area contributed by atoms with Gasteiger partial charge in [0, 0.05) is 16.5 Å². The van der Waals surface area contributed by atoms with Gasteiger partial charge in [-0.3, -0.25) is 14.5 Å². The molecule has 2 N–H and O–H groups in total. The predicted octanol–water partition coefficient (Wildman–Crippen LogP) is 3.80. The van der Waals surface area contributed by atoms with Crippen molar-refractivity contribution in [3.8, 4) is 11.5 Å². The van der Waals surface area contributed by atoms with E-state index in [4.69, 9.17) is 32.7 Å². The third kappa shape index (κ3) is 4.58. The Morgan fingerprint density at radius 2 is 1.88 bits per heavy atom. The highest BCUT2D eigenvalue weighted by Gasteiger charge is 2.49. The first-order valence-corrected chi connectivity index (χ1v) is 11.2. The molecule has 2 atom stereocenters. The Morgan fingerprint density at radius 1 is 1.15 bits per heavy atom. The van der Waals surface area contributed by atoms with Gasteiger partial charge in [0.2, 0.25) is 5.91 Å². The Morgan fingerprint density at radius 3 is 2.61 bits per heavy atom. The Hall–Kier alpha value is -2.97. The number of ether oxygens (including phenoxy) is 2. The Balaban J connectivity index is 1.47. The number of halogens is 2. The monoisotopic (exact) mass is 491 g/mol. The van der Waals surface area contributed by atoms with Gasteiger partial charge in [-0.15, -0.1) is 0 Å². The van der Waals surface area contributed by atoms with Crippen molar-refractivity contribution in [1.82, 2.24) is 15.5 Å². The van der Waals surface area contributed by atoms with Crippen LogP contribution < -0.4 is 20.1 Å². The van der Waals surface area contributed by atoms with Gasteiger partial charge in [0.05, 0.1) is 19.3 Å². The van der Waals surface area contributed by atoms with E-state index in [1.54, 1.807) is 50.2 Å². The van der Waals surface area contributed by atoms with E-state index in [0.29, 0.717) is 45.9 Å². The van der Waals surface area contributed by atoms with Crippen LogP contribution >= 0.6 is 23.2 Å². The third-order valence-electron chi connectivity index (χ3n) is 5.71. The van der Waals surface area contributed by atoms with E-state index < -0.39 is 36.0 Å². The zero-order valence-corrected chi connectivity index (χ0v) is 19.6. The van der Waals surface area contributed by atoms with Gasteiger partial charge < -0.3 is 20.1 Å². The fourth-order valence-electron chi connectivity index (χ4n) is 3.87. The summed E-state index contributed by atoms with van der Waals surface area (Å²) in [5, 5.41) is 6.35. The van der Waals surface area contributed by atoms with Crippen LogP contribution in [0.3, 0.4) is 0 Å². The number of fused-ring (bicyclic) bond motifs is 1. The van der Waals surface area contributed by atoms with Crippen LogP contribution in [-0.4, -0.2) is 42.5 Å². The van der Waals surface area contributed by atoms with Crippen molar-refractivity contribution in [3.63, 3.8) is 0 Å². The predicted molar refractivity (Wildman–Crippen MR) is 123 cm³/mol. The van der Waals surface area contributed by atoms with Gasteiger partial charge in [0.15, 0.2) is 11.5 Å². The lowest BCUT2D eigenvalue weighted by Crippen LogP contribution is -2.43. The molecule has 2 heterocycles. The average molecular weight is 492 g/mol. The lowest BCUT2D eigenvalue weighted by Gasteiger charge is -2.23. The standard InChI is InChI=1S/C23H23Cl2N3O5/c1-13(16-6-5-15(24)11-17(16)25)26-20(29)12-28-21(30)23(2,27-22(28)31)14-4-7-18-19(10-14)33-9-3-8-32-18/h4-7,10-11,13H,3,8-9,12H2,1-2H3,(H,26,29)(H,27,31). The lowest BCUT2D eigenvalue weighted by atomic mass is 9.91. The van der Waals surface area contributed by atoms with Crippen molar-refractivity contribution < 1.29 is 23.9 Å². The van der Waals surface area contributed by atoms with Crippen LogP contribution in [0.15, 0.2) is 36.4 Å². The van der Waals surface area contributed by atoms with Crippen molar-refractivity contribution in [2.24, 2.45) is 0 Å². The number of hydrogen-bond donors (Lipinski definition) is 2. The lowest BCUT2D eigenvalue weighted by molar-refractivity contribution is -0.135. The molecule has 4 rings (SSSR count). The molecule has 0 bridgehead atoms. The first-order valence-electron chi connectivity index (χ1n) is 10.5. The summed E-state index contributed by atoms with van der Waals surface area (Å²) in [4.78, 5) is 39.4. The van der Waals surface area contributed by atoms with Gasteiger partial charge in [-0.05, 0) is 49.2 Å². The molecule has 1 saturated heterocycles. The molecule has 8 nitrogen and oxygen atoms in total. The smallest absolute Gasteiger partial charge is 0.325 e. The van der Waals surface area contributed by atoms with Gasteiger partial charge in [0.1, 0.15) is 12.1 Å². The van der Waals surface area contributed by atoms with Gasteiger partial charge in [-0.1, -0.05) is 35.3 Å². The Bertz CT molecular complexity index is 1130. The highest BCUT2D eigenvalue weighted by atomic mass is 35.5. The zero-order valence-electron chi connectivity index (χ0n) is 18.1. The van der Waals surface area contributed by atoms with Crippen molar-refractivity contribution in [3.05, 3.63) is 57.6 Å². The maximum Gasteiger partial charge on any atom is 0.325 e. The number of benzene rings is 2. The van der Waals surface area contributed by atoms with Crippen LogP contribution in [0.1, 0.15) is 37.4 Å². The maximum absolute atomic E-state index is 13.2. The van der Waals surface area contributed by atoms with Crippen molar-refractivity contribution >= 4 is 41.0 Å². The fraction of sp³-hybridized carbons (Fsp3) is 0.348. The number of amides is 4. The Labute approximate surface area is 201 Å². The van der Waals surface area contributed by atoms with E-state index in [1.165, 1.54) is 0 Å². The quantitative estimate of drug-likeness (QED) is 0.620. The molecule has 174 valence electrons. The molecule has 0 aliphatic carbocycles. The minimum Gasteiger partial charge on any atom is -0.490 e. The van der Waals surface area contributed by atoms with Crippen LogP contribution in [0.25, 0.3) is 0 Å². The molecular weight excluding hydrogens is 469 g/mol. The van der Waals surface area contributed by atoms with Crippen molar-refractivity contribution in [2.75, 3.05) is 19.8 Å². The number of carbonyl (C=O) groups excluding carboxylic acids is 3. The van der Waals surface area contributed by atoms with Crippen LogP contribution in [-0.2, 0) is 15.1 Å². The van der Waals surface area contributed by atoms with Crippen LogP contribution in [0, 0.1) is 0 Å². The van der Waals surface area contributed by atoms with E-state index in [9.17, 15) is 14.4 Å². The number of rotatable bonds is 5. The van der Waals surface area contributed by atoms with Crippen LogP contribution in [0.2, 0.25) is 10.0 Å². The van der Waals surface area contributed by atoms with Gasteiger partial charge >= 0.3 is 6.03 Å². The highest BCUT2D eigenvalue weighted by Crippen LogP contribution is 2.36. The summed E-state index contributed by atoms with van der Waals surface area (Å²) < 4.78 is 11.3. The zero-order chi connectivity index (χ0) is 23.8. The minimum atomic E-state index is -1.34. The summed E-state index contributed by atoms with van der Waals surface area (Å²) in [6.45, 7) is 3.96. The Kier molecular flexibility index (Phi) is 6.41. The molecule has 0 radical (unpaired) electrons. The molecular formula is C23H23Cl2N3O5. The van der Waals surface area contributed by atoms with E-state index in [2.05, 4.69) is 10.6 Å². The molecule has 0 saturated carbocycles. The second-order valence-corrected chi connectivity index (χ2v) is 8.96. The summed E-state index contributed by atoms with van der Waals surface area (Å²) >= 11 is 12.1. The number of carbonyl (C=O) groups is 3. The molecule has 2 aliphatic rings. The first kappa shape index (κ1) is 23.2. The minimum absolute atomic E-state index is 0.410. The molecule has 4 amide bonds. The topological polar surface area (TPSA) is 97.0 Å². The number of urea groups is 1. The van der Waals surface area contributed by atoms with Crippen LogP contribution in [0.5, 0.6) is 11.5 Å². The second kappa shape index (κ2) is 9.11. The number of nitrogens with one attached hydrogen (secondary N) is 2. The highest BCUT2D eigenvalue weighted by molar-refractivity contribution is 6.35. The molecule has 33 heavy (non-hydrogen) atoms. The van der Waals surface area contributed by atoms with E-state index in [0.717, 1.165) is 11.3 Å². The number of imide groups is 1. The summed E-state index contributed by atoms with van der Waals surface area (Å²) in [5.74, 6) is 0.0649. The van der Waals surface area contributed by atoms with Crippen LogP contribution in [0.4, 0.5) is 4.79 Å². The summed E-state index contributed by atoms with van der Waals surface area (Å²) in [6.07, 6.45) is 0.749. The molecule has 2 aromatic carbocycles. The molecule has 2 aromatic rings. The van der Waals surface area contributed by atoms with Gasteiger partial charge in [-0.2, -0.15) is 0 Å². The van der Waals surface area contributed by atoms with E-state index in [-0.39, 0.29) is 0 Å².